The molecule has 0 saturated carbocycles. The highest BCUT2D eigenvalue weighted by atomic mass is 16.3. The van der Waals surface area contributed by atoms with Gasteiger partial charge in [0.2, 0.25) is 0 Å². The monoisotopic (exact) mass is 237 g/mol. The fraction of sp³-hybridized carbons (Fsp3) is 0.583. The van der Waals surface area contributed by atoms with Crippen molar-refractivity contribution < 1.29 is 10.2 Å². The number of aromatic nitrogens is 1. The first-order chi connectivity index (χ1) is 8.11. The number of aliphatic hydroxyl groups is 2. The second-order valence-corrected chi connectivity index (χ2v) is 4.50. The lowest BCUT2D eigenvalue weighted by Gasteiger charge is -2.18. The number of nitrogens with zero attached hydrogens (tertiary/aromatic N) is 2. The van der Waals surface area contributed by atoms with Gasteiger partial charge in [-0.05, 0) is 18.6 Å². The van der Waals surface area contributed by atoms with Crippen LogP contribution in [0, 0.1) is 0 Å². The molecule has 2 rings (SSSR count). The summed E-state index contributed by atoms with van der Waals surface area (Å²) in [4.78, 5) is 6.23. The van der Waals surface area contributed by atoms with Gasteiger partial charge in [-0.1, -0.05) is 6.92 Å². The molecule has 1 aromatic rings. The number of pyridine rings is 1. The maximum Gasteiger partial charge on any atom is 0.0990 e. The average molecular weight is 237 g/mol. The topological polar surface area (TPSA) is 82.6 Å². The molecule has 5 nitrogen and oxygen atoms in total. The molecule has 1 aliphatic rings. The molecular weight excluding hydrogens is 218 g/mol. The standard InChI is InChI=1S/C12H19N3O2/c1-2-9(13)10-4-3-8(5-14-10)15-6-11(16)12(17)7-15/h3-5,9,11-12,16-17H,2,6-7,13H2,1H3. The van der Waals surface area contributed by atoms with Crippen molar-refractivity contribution in [2.45, 2.75) is 31.6 Å². The first-order valence-corrected chi connectivity index (χ1v) is 5.94. The Hall–Kier alpha value is -1.17. The summed E-state index contributed by atoms with van der Waals surface area (Å²) < 4.78 is 0. The smallest absolute Gasteiger partial charge is 0.0990 e. The molecule has 4 N–H and O–H groups in total. The third-order valence-electron chi connectivity index (χ3n) is 3.21. The second kappa shape index (κ2) is 5.00. The quantitative estimate of drug-likeness (QED) is 0.691. The van der Waals surface area contributed by atoms with Gasteiger partial charge in [0.1, 0.15) is 0 Å². The molecule has 0 radical (unpaired) electrons. The van der Waals surface area contributed by atoms with Crippen LogP contribution in [0.3, 0.4) is 0 Å². The van der Waals surface area contributed by atoms with Crippen LogP contribution in [-0.2, 0) is 0 Å². The number of nitrogens with two attached hydrogens (primary N) is 1. The SMILES string of the molecule is CCC(N)c1ccc(N2CC(O)C(O)C2)cn1. The van der Waals surface area contributed by atoms with E-state index in [1.54, 1.807) is 6.20 Å². The minimum absolute atomic E-state index is 0.0289. The van der Waals surface area contributed by atoms with Gasteiger partial charge in [-0.25, -0.2) is 0 Å². The molecule has 0 aromatic carbocycles. The van der Waals surface area contributed by atoms with Crippen molar-refractivity contribution in [3.05, 3.63) is 24.0 Å². The van der Waals surface area contributed by atoms with E-state index in [0.29, 0.717) is 13.1 Å². The van der Waals surface area contributed by atoms with Gasteiger partial charge in [-0.3, -0.25) is 4.98 Å². The minimum atomic E-state index is -0.674. The Morgan fingerprint density at radius 3 is 2.53 bits per heavy atom. The molecule has 17 heavy (non-hydrogen) atoms. The highest BCUT2D eigenvalue weighted by Gasteiger charge is 2.29. The molecule has 1 aromatic heterocycles. The molecule has 0 bridgehead atoms. The summed E-state index contributed by atoms with van der Waals surface area (Å²) in [6.07, 6.45) is 1.25. The average Bonchev–Trinajstić information content (AvgIpc) is 2.69. The molecule has 1 saturated heterocycles. The first kappa shape index (κ1) is 12.3. The number of hydrogen-bond donors (Lipinski definition) is 3. The molecule has 0 aliphatic carbocycles. The summed E-state index contributed by atoms with van der Waals surface area (Å²) in [5.74, 6) is 0. The van der Waals surface area contributed by atoms with E-state index >= 15 is 0 Å². The molecule has 0 amide bonds. The molecule has 3 unspecified atom stereocenters. The normalized spacial score (nSPS) is 26.2. The van der Waals surface area contributed by atoms with E-state index in [1.165, 1.54) is 0 Å². The molecule has 0 spiro atoms. The fourth-order valence-corrected chi connectivity index (χ4v) is 1.99. The van der Waals surface area contributed by atoms with Gasteiger partial charge < -0.3 is 20.8 Å². The Morgan fingerprint density at radius 1 is 1.41 bits per heavy atom. The van der Waals surface area contributed by atoms with Gasteiger partial charge >= 0.3 is 0 Å². The van der Waals surface area contributed by atoms with E-state index in [4.69, 9.17) is 5.73 Å². The molecule has 2 heterocycles. The van der Waals surface area contributed by atoms with Crippen molar-refractivity contribution in [1.29, 1.82) is 0 Å². The summed E-state index contributed by atoms with van der Waals surface area (Å²) in [7, 11) is 0. The fourth-order valence-electron chi connectivity index (χ4n) is 1.99. The lowest BCUT2D eigenvalue weighted by atomic mass is 10.1. The number of rotatable bonds is 3. The van der Waals surface area contributed by atoms with Crippen LogP contribution in [0.2, 0.25) is 0 Å². The van der Waals surface area contributed by atoms with E-state index in [2.05, 4.69) is 4.98 Å². The summed E-state index contributed by atoms with van der Waals surface area (Å²) in [5.41, 5.74) is 7.67. The number of anilines is 1. The summed E-state index contributed by atoms with van der Waals surface area (Å²) >= 11 is 0. The predicted molar refractivity (Wildman–Crippen MR) is 65.7 cm³/mol. The lowest BCUT2D eigenvalue weighted by molar-refractivity contribution is 0.0572. The van der Waals surface area contributed by atoms with Gasteiger partial charge in [-0.2, -0.15) is 0 Å². The van der Waals surface area contributed by atoms with Crippen LogP contribution in [0.5, 0.6) is 0 Å². The number of hydrogen-bond acceptors (Lipinski definition) is 5. The van der Waals surface area contributed by atoms with Gasteiger partial charge in [0.05, 0.1) is 29.8 Å². The van der Waals surface area contributed by atoms with Crippen LogP contribution in [0.25, 0.3) is 0 Å². The zero-order valence-corrected chi connectivity index (χ0v) is 9.95. The van der Waals surface area contributed by atoms with Crippen LogP contribution in [0.1, 0.15) is 25.1 Å². The molecule has 1 fully saturated rings. The zero-order chi connectivity index (χ0) is 12.4. The zero-order valence-electron chi connectivity index (χ0n) is 9.95. The van der Waals surface area contributed by atoms with Crippen LogP contribution in [0.4, 0.5) is 5.69 Å². The van der Waals surface area contributed by atoms with E-state index in [9.17, 15) is 10.2 Å². The van der Waals surface area contributed by atoms with Crippen LogP contribution < -0.4 is 10.6 Å². The summed E-state index contributed by atoms with van der Waals surface area (Å²) in [6.45, 7) is 2.91. The maximum atomic E-state index is 9.48. The Morgan fingerprint density at radius 2 is 2.06 bits per heavy atom. The van der Waals surface area contributed by atoms with Crippen molar-refractivity contribution in [1.82, 2.24) is 4.98 Å². The minimum Gasteiger partial charge on any atom is -0.389 e. The molecule has 3 atom stereocenters. The summed E-state index contributed by atoms with van der Waals surface area (Å²) in [5, 5.41) is 19.0. The molecule has 94 valence electrons. The number of β-amino-alcohol motifs (C(OH)–C–C–N with tert-alkyl or cyclic N) is 2. The van der Waals surface area contributed by atoms with Gasteiger partial charge in [0, 0.05) is 19.1 Å². The van der Waals surface area contributed by atoms with Crippen LogP contribution >= 0.6 is 0 Å². The Bertz CT molecular complexity index is 359. The van der Waals surface area contributed by atoms with Crippen molar-refractivity contribution in [3.63, 3.8) is 0 Å². The van der Waals surface area contributed by atoms with Crippen LogP contribution in [-0.4, -0.2) is 40.5 Å². The lowest BCUT2D eigenvalue weighted by Crippen LogP contribution is -2.22. The van der Waals surface area contributed by atoms with E-state index < -0.39 is 12.2 Å². The van der Waals surface area contributed by atoms with E-state index in [1.807, 2.05) is 24.0 Å². The van der Waals surface area contributed by atoms with Crippen molar-refractivity contribution in [2.24, 2.45) is 5.73 Å². The van der Waals surface area contributed by atoms with Crippen molar-refractivity contribution >= 4 is 5.69 Å². The van der Waals surface area contributed by atoms with Crippen molar-refractivity contribution in [2.75, 3.05) is 18.0 Å². The van der Waals surface area contributed by atoms with Gasteiger partial charge in [0.25, 0.3) is 0 Å². The maximum absolute atomic E-state index is 9.48. The van der Waals surface area contributed by atoms with Gasteiger partial charge in [0.15, 0.2) is 0 Å². The van der Waals surface area contributed by atoms with Crippen molar-refractivity contribution in [3.8, 4) is 0 Å². The summed E-state index contributed by atoms with van der Waals surface area (Å²) in [6, 6.07) is 3.81. The van der Waals surface area contributed by atoms with Gasteiger partial charge in [-0.15, -0.1) is 0 Å². The Labute approximate surface area is 101 Å². The predicted octanol–water partition coefficient (Wildman–Crippen LogP) is 0.0332. The Balaban J connectivity index is 2.08. The highest BCUT2D eigenvalue weighted by Crippen LogP contribution is 2.21. The third kappa shape index (κ3) is 2.57. The van der Waals surface area contributed by atoms with Crippen LogP contribution in [0.15, 0.2) is 18.3 Å². The molecule has 1 aliphatic heterocycles. The number of aliphatic hydroxyl groups excluding tert-OH is 2. The molecule has 5 heteroatoms. The third-order valence-corrected chi connectivity index (χ3v) is 3.21. The first-order valence-electron chi connectivity index (χ1n) is 5.94. The second-order valence-electron chi connectivity index (χ2n) is 4.50. The molecular formula is C12H19N3O2. The Kier molecular flexibility index (Phi) is 3.61. The van der Waals surface area contributed by atoms with E-state index in [0.717, 1.165) is 17.8 Å². The largest absolute Gasteiger partial charge is 0.389 e. The van der Waals surface area contributed by atoms with E-state index in [-0.39, 0.29) is 6.04 Å². The highest BCUT2D eigenvalue weighted by molar-refractivity contribution is 5.46.